The maximum absolute atomic E-state index is 13.8. The van der Waals surface area contributed by atoms with Gasteiger partial charge >= 0.3 is 18.0 Å². The molecule has 6 N–H and O–H groups in total. The number of alkyl carbamates (subject to hydrolysis) is 1. The van der Waals surface area contributed by atoms with Crippen LogP contribution in [-0.4, -0.2) is 92.1 Å². The smallest absolute Gasteiger partial charge is 0.408 e. The molecule has 332 valence electrons. The van der Waals surface area contributed by atoms with E-state index in [0.29, 0.717) is 18.7 Å². The van der Waals surface area contributed by atoms with Crippen molar-refractivity contribution < 1.29 is 52.9 Å². The lowest BCUT2D eigenvalue weighted by Crippen LogP contribution is -2.59. The first kappa shape index (κ1) is 49.1. The minimum absolute atomic E-state index is 0.0142. The van der Waals surface area contributed by atoms with Gasteiger partial charge in [0.05, 0.1) is 18.6 Å². The van der Waals surface area contributed by atoms with E-state index in [4.69, 9.17) is 14.2 Å². The normalized spacial score (nSPS) is 14.1. The van der Waals surface area contributed by atoms with Gasteiger partial charge < -0.3 is 50.5 Å². The number of ether oxygens (including phenoxy) is 3. The summed E-state index contributed by atoms with van der Waals surface area (Å²) in [5, 5.41) is 22.1. The van der Waals surface area contributed by atoms with Crippen molar-refractivity contribution in [3.63, 3.8) is 0 Å². The summed E-state index contributed by atoms with van der Waals surface area (Å²) in [7, 11) is 0. The summed E-state index contributed by atoms with van der Waals surface area (Å²) in [4.78, 5) is 95.6. The van der Waals surface area contributed by atoms with Crippen molar-refractivity contribution in [2.24, 2.45) is 5.92 Å². The van der Waals surface area contributed by atoms with Gasteiger partial charge in [-0.2, -0.15) is 0 Å². The van der Waals surface area contributed by atoms with Gasteiger partial charge in [0, 0.05) is 19.0 Å². The lowest BCUT2D eigenvalue weighted by atomic mass is 9.97. The molecule has 61 heavy (non-hydrogen) atoms. The van der Waals surface area contributed by atoms with Gasteiger partial charge in [-0.25, -0.2) is 9.78 Å². The topological polar surface area (TPSA) is 245 Å². The fourth-order valence-electron chi connectivity index (χ4n) is 5.63. The molecule has 3 rings (SSSR count). The number of hydrogen-bond acceptors (Lipinski definition) is 11. The molecule has 0 fully saturated rings. The molecule has 1 heterocycles. The van der Waals surface area contributed by atoms with Crippen molar-refractivity contribution in [3.05, 3.63) is 90.0 Å². The first-order chi connectivity index (χ1) is 28.8. The van der Waals surface area contributed by atoms with Crippen molar-refractivity contribution >= 4 is 41.7 Å². The van der Waals surface area contributed by atoms with Crippen LogP contribution in [0.3, 0.4) is 0 Å². The first-order valence-corrected chi connectivity index (χ1v) is 20.1. The number of nitrogens with one attached hydrogen (secondary N) is 5. The summed E-state index contributed by atoms with van der Waals surface area (Å²) in [6, 6.07) is 12.2. The van der Waals surface area contributed by atoms with E-state index in [0.717, 1.165) is 11.1 Å². The number of nitrogens with zero attached hydrogens (tertiary/aromatic N) is 2. The number of benzene rings is 2. The highest BCUT2D eigenvalue weighted by Gasteiger charge is 2.34. The number of rotatable bonds is 23. The predicted octanol–water partition coefficient (Wildman–Crippen LogP) is 3.13. The van der Waals surface area contributed by atoms with Crippen molar-refractivity contribution in [1.29, 1.82) is 0 Å². The molecule has 0 aliphatic rings. The van der Waals surface area contributed by atoms with Crippen LogP contribution in [0.5, 0.6) is 0 Å². The van der Waals surface area contributed by atoms with E-state index in [1.54, 1.807) is 69.6 Å². The molecule has 6 atom stereocenters. The van der Waals surface area contributed by atoms with E-state index in [1.807, 2.05) is 36.4 Å². The SMILES string of the molecule is CCC(C)[C@H](NC(=O)[C@H](CCC(=O)OCc1ccccc1)NC(=O)OC(C)(C)C)C(=O)N[C@@H](C)C(=O)N[C@@H](Cc1cn(COCc2ccccc2)cn1)C(=O)N[C@@H](C)C(=O)O. The molecule has 1 aromatic heterocycles. The van der Waals surface area contributed by atoms with Crippen LogP contribution in [0, 0.1) is 5.92 Å². The Balaban J connectivity index is 1.70. The molecule has 0 saturated heterocycles. The predicted molar refractivity (Wildman–Crippen MR) is 222 cm³/mol. The zero-order chi connectivity index (χ0) is 45.1. The summed E-state index contributed by atoms with van der Waals surface area (Å²) in [5.41, 5.74) is 1.23. The minimum atomic E-state index is -1.31. The summed E-state index contributed by atoms with van der Waals surface area (Å²) >= 11 is 0. The maximum Gasteiger partial charge on any atom is 0.408 e. The molecule has 0 aliphatic heterocycles. The second-order valence-corrected chi connectivity index (χ2v) is 15.7. The highest BCUT2D eigenvalue weighted by Crippen LogP contribution is 2.13. The van der Waals surface area contributed by atoms with Gasteiger partial charge in [-0.1, -0.05) is 80.9 Å². The van der Waals surface area contributed by atoms with Crippen LogP contribution in [0.1, 0.15) is 84.5 Å². The Kier molecular flexibility index (Phi) is 19.4. The van der Waals surface area contributed by atoms with Crippen LogP contribution in [0.2, 0.25) is 0 Å². The first-order valence-electron chi connectivity index (χ1n) is 20.1. The monoisotopic (exact) mass is 849 g/mol. The van der Waals surface area contributed by atoms with Crippen LogP contribution in [0.25, 0.3) is 0 Å². The highest BCUT2D eigenvalue weighted by molar-refractivity contribution is 5.96. The van der Waals surface area contributed by atoms with Crippen LogP contribution < -0.4 is 26.6 Å². The quantitative estimate of drug-likeness (QED) is 0.0754. The maximum atomic E-state index is 13.8. The van der Waals surface area contributed by atoms with E-state index >= 15 is 0 Å². The third-order valence-corrected chi connectivity index (χ3v) is 9.25. The van der Waals surface area contributed by atoms with E-state index in [1.165, 1.54) is 20.2 Å². The molecular formula is C43H59N7O11. The van der Waals surface area contributed by atoms with E-state index < -0.39 is 83.4 Å². The zero-order valence-corrected chi connectivity index (χ0v) is 35.8. The van der Waals surface area contributed by atoms with Crippen LogP contribution >= 0.6 is 0 Å². The van der Waals surface area contributed by atoms with Crippen molar-refractivity contribution in [2.45, 2.75) is 130 Å². The largest absolute Gasteiger partial charge is 0.480 e. The number of carboxylic acids is 1. The lowest BCUT2D eigenvalue weighted by molar-refractivity contribution is -0.145. The van der Waals surface area contributed by atoms with Gasteiger partial charge in [-0.3, -0.25) is 28.8 Å². The van der Waals surface area contributed by atoms with Crippen molar-refractivity contribution in [3.8, 4) is 0 Å². The minimum Gasteiger partial charge on any atom is -0.480 e. The molecule has 5 amide bonds. The number of carbonyl (C=O) groups is 7. The average Bonchev–Trinajstić information content (AvgIpc) is 3.66. The lowest BCUT2D eigenvalue weighted by Gasteiger charge is -2.28. The average molecular weight is 850 g/mol. The van der Waals surface area contributed by atoms with Crippen molar-refractivity contribution in [1.82, 2.24) is 36.1 Å². The number of imidazole rings is 1. The molecule has 0 aliphatic carbocycles. The Labute approximate surface area is 355 Å². The Morgan fingerprint density at radius 1 is 0.738 bits per heavy atom. The van der Waals surface area contributed by atoms with Gasteiger partial charge in [0.1, 0.15) is 49.1 Å². The van der Waals surface area contributed by atoms with Crippen molar-refractivity contribution in [2.75, 3.05) is 0 Å². The zero-order valence-electron chi connectivity index (χ0n) is 35.8. The summed E-state index contributed by atoms with van der Waals surface area (Å²) in [6.07, 6.45) is 2.06. The Bertz CT molecular complexity index is 1920. The van der Waals surface area contributed by atoms with E-state index in [2.05, 4.69) is 31.6 Å². The Morgan fingerprint density at radius 2 is 1.33 bits per heavy atom. The number of esters is 1. The third-order valence-electron chi connectivity index (χ3n) is 9.25. The van der Waals surface area contributed by atoms with Gasteiger partial charge in [0.25, 0.3) is 0 Å². The number of aliphatic carboxylic acids is 1. The van der Waals surface area contributed by atoms with Gasteiger partial charge in [0.15, 0.2) is 0 Å². The number of carbonyl (C=O) groups excluding carboxylic acids is 6. The molecule has 18 heteroatoms. The molecule has 0 spiro atoms. The van der Waals surface area contributed by atoms with Crippen LogP contribution in [0.15, 0.2) is 73.2 Å². The standard InChI is InChI=1S/C43H59N7O11/c1-8-27(2)36(49-38(53)33(48-42(58)61-43(5,6)7)19-20-35(51)60-24-31-17-13-10-14-18-31)40(55)45-28(3)37(52)47-34(39(54)46-29(4)41(56)57)21-32-22-50(25-44-32)26-59-23-30-15-11-9-12-16-30/h9-18,22,25,27-29,33-34,36H,8,19-21,23-24,26H2,1-7H3,(H,45,55)(H,46,54)(H,47,52)(H,48,58)(H,49,53)(H,56,57)/t27?,28-,29-,33-,34-,36-/m0/s1. The second kappa shape index (κ2) is 24.1. The molecule has 0 saturated carbocycles. The number of carboxylic acid groups (broad SMARTS) is 1. The summed E-state index contributed by atoms with van der Waals surface area (Å²) in [5.74, 6) is -5.48. The number of aromatic nitrogens is 2. The van der Waals surface area contributed by atoms with E-state index in [9.17, 15) is 38.7 Å². The molecular weight excluding hydrogens is 791 g/mol. The fraction of sp³-hybridized carbons (Fsp3) is 0.488. The molecule has 2 aromatic carbocycles. The number of amides is 5. The van der Waals surface area contributed by atoms with Gasteiger partial charge in [-0.15, -0.1) is 0 Å². The fourth-order valence-corrected chi connectivity index (χ4v) is 5.63. The molecule has 0 bridgehead atoms. The number of hydrogen-bond donors (Lipinski definition) is 6. The van der Waals surface area contributed by atoms with Gasteiger partial charge in [-0.05, 0) is 58.1 Å². The van der Waals surface area contributed by atoms with Gasteiger partial charge in [0.2, 0.25) is 23.6 Å². The summed E-state index contributed by atoms with van der Waals surface area (Å²) < 4.78 is 18.1. The second-order valence-electron chi connectivity index (χ2n) is 15.7. The Hall–Kier alpha value is -6.30. The molecule has 3 aromatic rings. The third kappa shape index (κ3) is 17.8. The van der Waals surface area contributed by atoms with E-state index in [-0.39, 0.29) is 32.6 Å². The van der Waals surface area contributed by atoms with Crippen LogP contribution in [-0.2, 0) is 69.3 Å². The Morgan fingerprint density at radius 3 is 1.92 bits per heavy atom. The summed E-state index contributed by atoms with van der Waals surface area (Å²) in [6.45, 7) is 11.6. The molecule has 1 unspecified atom stereocenters. The molecule has 0 radical (unpaired) electrons. The molecule has 18 nitrogen and oxygen atoms in total. The highest BCUT2D eigenvalue weighted by atomic mass is 16.6. The van der Waals surface area contributed by atoms with Crippen LogP contribution in [0.4, 0.5) is 4.79 Å².